The maximum atomic E-state index is 11.8. The van der Waals surface area contributed by atoms with E-state index in [0.29, 0.717) is 17.9 Å². The average molecular weight is 276 g/mol. The molecule has 2 heterocycles. The van der Waals surface area contributed by atoms with E-state index in [4.69, 9.17) is 0 Å². The van der Waals surface area contributed by atoms with Crippen LogP contribution in [0.25, 0.3) is 0 Å². The van der Waals surface area contributed by atoms with Crippen molar-refractivity contribution in [1.29, 1.82) is 0 Å². The van der Waals surface area contributed by atoms with Gasteiger partial charge in [0.15, 0.2) is 0 Å². The molecule has 19 heavy (non-hydrogen) atoms. The summed E-state index contributed by atoms with van der Waals surface area (Å²) >= 11 is 1.50. The van der Waals surface area contributed by atoms with Crippen LogP contribution in [-0.4, -0.2) is 30.0 Å². The van der Waals surface area contributed by atoms with Crippen molar-refractivity contribution >= 4 is 23.1 Å². The third kappa shape index (κ3) is 3.51. The van der Waals surface area contributed by atoms with Gasteiger partial charge in [0.2, 0.25) is 0 Å². The first-order chi connectivity index (χ1) is 9.06. The number of anilines is 1. The van der Waals surface area contributed by atoms with Crippen molar-refractivity contribution in [3.8, 4) is 0 Å². The lowest BCUT2D eigenvalue weighted by atomic mass is 10.3. The maximum absolute atomic E-state index is 11.8. The molecule has 0 saturated carbocycles. The number of carbonyl (C=O) groups is 1. The molecule has 0 spiro atoms. The third-order valence-corrected chi connectivity index (χ3v) is 3.22. The first kappa shape index (κ1) is 13.5. The van der Waals surface area contributed by atoms with Crippen LogP contribution in [0.3, 0.4) is 0 Å². The molecule has 2 rings (SSSR count). The summed E-state index contributed by atoms with van der Waals surface area (Å²) in [5.41, 5.74) is 1.56. The van der Waals surface area contributed by atoms with Crippen molar-refractivity contribution in [2.75, 3.05) is 19.0 Å². The molecule has 1 N–H and O–H groups in total. The molecule has 2 aromatic rings. The molecule has 0 radical (unpaired) electrons. The van der Waals surface area contributed by atoms with Gasteiger partial charge < -0.3 is 10.2 Å². The molecule has 100 valence electrons. The number of aromatic nitrogens is 2. The van der Waals surface area contributed by atoms with E-state index in [1.165, 1.54) is 11.3 Å². The lowest BCUT2D eigenvalue weighted by Gasteiger charge is -2.13. The quantitative estimate of drug-likeness (QED) is 0.925. The number of amides is 1. The zero-order valence-electron chi connectivity index (χ0n) is 11.2. The summed E-state index contributed by atoms with van der Waals surface area (Å²) in [4.78, 5) is 22.4. The van der Waals surface area contributed by atoms with Gasteiger partial charge in [0.25, 0.3) is 5.91 Å². The highest BCUT2D eigenvalue weighted by Crippen LogP contribution is 2.09. The number of hydrogen-bond acceptors (Lipinski definition) is 5. The molecule has 0 atom stereocenters. The Kier molecular flexibility index (Phi) is 4.11. The second-order valence-corrected chi connectivity index (χ2v) is 5.15. The van der Waals surface area contributed by atoms with Crippen LogP contribution in [0.4, 0.5) is 5.82 Å². The van der Waals surface area contributed by atoms with E-state index < -0.39 is 0 Å². The first-order valence-corrected chi connectivity index (χ1v) is 6.83. The van der Waals surface area contributed by atoms with E-state index in [0.717, 1.165) is 11.5 Å². The summed E-state index contributed by atoms with van der Waals surface area (Å²) in [5.74, 6) is 1.36. The van der Waals surface area contributed by atoms with Gasteiger partial charge in [-0.25, -0.2) is 9.97 Å². The molecule has 5 nitrogen and oxygen atoms in total. The number of nitrogens with zero attached hydrogens (tertiary/aromatic N) is 3. The van der Waals surface area contributed by atoms with Crippen LogP contribution in [0.15, 0.2) is 22.9 Å². The number of thiophene rings is 1. The Hall–Kier alpha value is -1.95. The highest BCUT2D eigenvalue weighted by Gasteiger charge is 2.08. The summed E-state index contributed by atoms with van der Waals surface area (Å²) < 4.78 is 0. The van der Waals surface area contributed by atoms with Gasteiger partial charge in [0.05, 0.1) is 6.54 Å². The molecule has 0 aromatic carbocycles. The van der Waals surface area contributed by atoms with Gasteiger partial charge in [-0.3, -0.25) is 4.79 Å². The normalized spacial score (nSPS) is 10.3. The van der Waals surface area contributed by atoms with Crippen LogP contribution in [0.2, 0.25) is 0 Å². The SMILES string of the molecule is Cc1cc(N(C)C)nc(CNC(=O)c2ccsc2)n1. The molecule has 0 saturated heterocycles. The van der Waals surface area contributed by atoms with Crippen LogP contribution in [0.5, 0.6) is 0 Å². The molecule has 0 aliphatic heterocycles. The van der Waals surface area contributed by atoms with Gasteiger partial charge in [-0.15, -0.1) is 0 Å². The maximum Gasteiger partial charge on any atom is 0.252 e. The molecule has 0 unspecified atom stereocenters. The van der Waals surface area contributed by atoms with Crippen LogP contribution >= 0.6 is 11.3 Å². The van der Waals surface area contributed by atoms with E-state index >= 15 is 0 Å². The summed E-state index contributed by atoms with van der Waals surface area (Å²) in [6.07, 6.45) is 0. The standard InChI is InChI=1S/C13H16N4OS/c1-9-6-12(17(2)3)16-11(15-9)7-14-13(18)10-4-5-19-8-10/h4-6,8H,7H2,1-3H3,(H,14,18). The molecule has 1 amide bonds. The number of carbonyl (C=O) groups excluding carboxylic acids is 1. The Labute approximate surface area is 116 Å². The van der Waals surface area contributed by atoms with Gasteiger partial charge in [0.1, 0.15) is 11.6 Å². The van der Waals surface area contributed by atoms with Crippen LogP contribution in [-0.2, 0) is 6.54 Å². The molecule has 0 aliphatic carbocycles. The fourth-order valence-corrected chi connectivity index (χ4v) is 2.21. The molecular weight excluding hydrogens is 260 g/mol. The molecule has 0 bridgehead atoms. The van der Waals surface area contributed by atoms with Crippen LogP contribution in [0, 0.1) is 6.92 Å². The second kappa shape index (κ2) is 5.79. The molecule has 6 heteroatoms. The molecule has 0 aliphatic rings. The number of nitrogens with one attached hydrogen (secondary N) is 1. The second-order valence-electron chi connectivity index (χ2n) is 4.37. The van der Waals surface area contributed by atoms with Crippen molar-refractivity contribution in [2.45, 2.75) is 13.5 Å². The minimum Gasteiger partial charge on any atom is -0.363 e. The predicted octanol–water partition coefficient (Wildman–Crippen LogP) is 1.84. The zero-order valence-corrected chi connectivity index (χ0v) is 12.0. The lowest BCUT2D eigenvalue weighted by Crippen LogP contribution is -2.24. The van der Waals surface area contributed by atoms with Gasteiger partial charge in [0, 0.05) is 36.8 Å². The van der Waals surface area contributed by atoms with Crippen molar-refractivity contribution in [3.63, 3.8) is 0 Å². The van der Waals surface area contributed by atoms with Gasteiger partial charge in [-0.1, -0.05) is 0 Å². The van der Waals surface area contributed by atoms with E-state index in [9.17, 15) is 4.79 Å². The van der Waals surface area contributed by atoms with Crippen molar-refractivity contribution in [3.05, 3.63) is 40.0 Å². The summed E-state index contributed by atoms with van der Waals surface area (Å²) in [5, 5.41) is 6.51. The smallest absolute Gasteiger partial charge is 0.252 e. The lowest BCUT2D eigenvalue weighted by molar-refractivity contribution is 0.0950. The van der Waals surface area contributed by atoms with Crippen LogP contribution in [0.1, 0.15) is 21.9 Å². The largest absolute Gasteiger partial charge is 0.363 e. The fourth-order valence-electron chi connectivity index (χ4n) is 1.58. The molecule has 0 fully saturated rings. The molecular formula is C13H16N4OS. The molecule has 2 aromatic heterocycles. The van der Waals surface area contributed by atoms with E-state index in [1.807, 2.05) is 42.7 Å². The average Bonchev–Trinajstić information content (AvgIpc) is 2.89. The van der Waals surface area contributed by atoms with Crippen molar-refractivity contribution in [1.82, 2.24) is 15.3 Å². The number of rotatable bonds is 4. The minimum atomic E-state index is -0.0993. The number of aryl methyl sites for hydroxylation is 1. The van der Waals surface area contributed by atoms with Crippen molar-refractivity contribution in [2.24, 2.45) is 0 Å². The minimum absolute atomic E-state index is 0.0993. The Balaban J connectivity index is 2.05. The Morgan fingerprint density at radius 3 is 2.84 bits per heavy atom. The first-order valence-electron chi connectivity index (χ1n) is 5.88. The fraction of sp³-hybridized carbons (Fsp3) is 0.308. The monoisotopic (exact) mass is 276 g/mol. The summed E-state index contributed by atoms with van der Waals surface area (Å²) in [7, 11) is 3.85. The van der Waals surface area contributed by atoms with E-state index in [2.05, 4.69) is 15.3 Å². The van der Waals surface area contributed by atoms with Gasteiger partial charge in [-0.2, -0.15) is 11.3 Å². The zero-order chi connectivity index (χ0) is 13.8. The summed E-state index contributed by atoms with van der Waals surface area (Å²) in [6, 6.07) is 3.70. The van der Waals surface area contributed by atoms with E-state index in [-0.39, 0.29) is 5.91 Å². The van der Waals surface area contributed by atoms with Crippen molar-refractivity contribution < 1.29 is 4.79 Å². The highest BCUT2D eigenvalue weighted by molar-refractivity contribution is 7.08. The topological polar surface area (TPSA) is 58.1 Å². The Morgan fingerprint density at radius 1 is 1.42 bits per heavy atom. The van der Waals surface area contributed by atoms with Gasteiger partial charge >= 0.3 is 0 Å². The predicted molar refractivity (Wildman–Crippen MR) is 76.6 cm³/mol. The summed E-state index contributed by atoms with van der Waals surface area (Å²) in [6.45, 7) is 2.25. The van der Waals surface area contributed by atoms with Crippen LogP contribution < -0.4 is 10.2 Å². The highest BCUT2D eigenvalue weighted by atomic mass is 32.1. The Bertz CT molecular complexity index is 566. The van der Waals surface area contributed by atoms with Gasteiger partial charge in [-0.05, 0) is 18.4 Å². The Morgan fingerprint density at radius 2 is 2.21 bits per heavy atom. The number of hydrogen-bond donors (Lipinski definition) is 1. The third-order valence-electron chi connectivity index (χ3n) is 2.54. The van der Waals surface area contributed by atoms with E-state index in [1.54, 1.807) is 6.07 Å².